The molecule has 16 rings (SSSR count). The van der Waals surface area contributed by atoms with E-state index in [0.29, 0.717) is 0 Å². The van der Waals surface area contributed by atoms with Gasteiger partial charge in [0.15, 0.2) is 0 Å². The molecule has 0 radical (unpaired) electrons. The van der Waals surface area contributed by atoms with Crippen molar-refractivity contribution in [2.75, 3.05) is 9.80 Å². The molecule has 0 aliphatic heterocycles. The molecule has 362 valence electrons. The fourth-order valence-corrected chi connectivity index (χ4v) is 14.1. The highest BCUT2D eigenvalue weighted by Gasteiger charge is 2.53. The van der Waals surface area contributed by atoms with Crippen molar-refractivity contribution in [1.29, 1.82) is 0 Å². The minimum Gasteiger partial charge on any atom is -0.310 e. The largest absolute Gasteiger partial charge is 0.310 e. The Balaban J connectivity index is 0.907. The fourth-order valence-electron chi connectivity index (χ4n) is 14.1. The summed E-state index contributed by atoms with van der Waals surface area (Å²) in [6.07, 6.45) is 8.89. The molecule has 0 amide bonds. The summed E-state index contributed by atoms with van der Waals surface area (Å²) in [7, 11) is 0. The van der Waals surface area contributed by atoms with E-state index in [9.17, 15) is 0 Å². The molecule has 0 saturated heterocycles. The molecule has 0 heterocycles. The molecular formula is C75H52N2. The van der Waals surface area contributed by atoms with Gasteiger partial charge in [0.25, 0.3) is 0 Å². The lowest BCUT2D eigenvalue weighted by molar-refractivity contribution is 0.793. The predicted molar refractivity (Wildman–Crippen MR) is 320 cm³/mol. The van der Waals surface area contributed by atoms with Gasteiger partial charge in [-0.25, -0.2) is 0 Å². The summed E-state index contributed by atoms with van der Waals surface area (Å²) in [5.41, 5.74) is 32.7. The molecule has 0 N–H and O–H groups in total. The Morgan fingerprint density at radius 1 is 0.312 bits per heavy atom. The Morgan fingerprint density at radius 3 is 1.32 bits per heavy atom. The second-order valence-electron chi connectivity index (χ2n) is 21.4. The van der Waals surface area contributed by atoms with Crippen LogP contribution in [0.5, 0.6) is 0 Å². The van der Waals surface area contributed by atoms with E-state index in [-0.39, 0.29) is 0 Å². The third-order valence-corrected chi connectivity index (χ3v) is 17.4. The van der Waals surface area contributed by atoms with Crippen molar-refractivity contribution < 1.29 is 0 Å². The van der Waals surface area contributed by atoms with Crippen LogP contribution >= 0.6 is 0 Å². The molecule has 2 heteroatoms. The second kappa shape index (κ2) is 17.3. The maximum Gasteiger partial charge on any atom is 0.0727 e. The molecule has 2 nitrogen and oxygen atoms in total. The van der Waals surface area contributed by atoms with E-state index in [0.717, 1.165) is 42.7 Å². The van der Waals surface area contributed by atoms with Crippen LogP contribution in [0.25, 0.3) is 61.2 Å². The van der Waals surface area contributed by atoms with Gasteiger partial charge in [-0.3, -0.25) is 0 Å². The average Bonchev–Trinajstić information content (AvgIpc) is 4.28. The van der Waals surface area contributed by atoms with E-state index in [1.165, 1.54) is 123 Å². The Kier molecular flexibility index (Phi) is 9.84. The van der Waals surface area contributed by atoms with E-state index in [4.69, 9.17) is 0 Å². The summed E-state index contributed by atoms with van der Waals surface area (Å²) in [5, 5.41) is 0. The minimum absolute atomic E-state index is 0.595. The lowest BCUT2D eigenvalue weighted by Crippen LogP contribution is -2.26. The molecule has 5 aliphatic carbocycles. The zero-order valence-corrected chi connectivity index (χ0v) is 42.6. The van der Waals surface area contributed by atoms with Crippen LogP contribution in [0, 0.1) is 0 Å². The molecule has 11 aromatic carbocycles. The fraction of sp³-hybridized carbons (Fsp3) is 0.0667. The third-order valence-electron chi connectivity index (χ3n) is 17.4. The van der Waals surface area contributed by atoms with Crippen LogP contribution in [-0.4, -0.2) is 0 Å². The SMILES string of the molecule is C1=CC2=C(CC1)Cc1cc(N(c3ccc(-c4ccccc4)cc3)c3cccc4c3-c3ccccc3C43c4ccccc4-c4c(N(c5ccc(-c6ccccc6)cc5)c5ccc6c(c5)Cc5ccccc5-6)cccc43)ccc12. The first-order valence-electron chi connectivity index (χ1n) is 27.3. The Hall–Kier alpha value is -9.50. The number of hydrogen-bond acceptors (Lipinski definition) is 2. The molecular weight excluding hydrogens is 929 g/mol. The molecule has 0 bridgehead atoms. The first-order valence-corrected chi connectivity index (χ1v) is 27.3. The maximum absolute atomic E-state index is 2.54. The third kappa shape index (κ3) is 6.62. The molecule has 0 aromatic heterocycles. The lowest BCUT2D eigenvalue weighted by Gasteiger charge is -2.33. The van der Waals surface area contributed by atoms with Gasteiger partial charge in [-0.2, -0.15) is 0 Å². The highest BCUT2D eigenvalue weighted by Crippen LogP contribution is 2.66. The van der Waals surface area contributed by atoms with Gasteiger partial charge in [0, 0.05) is 33.9 Å². The predicted octanol–water partition coefficient (Wildman–Crippen LogP) is 19.5. The average molecular weight is 981 g/mol. The number of fused-ring (bicyclic) bond motifs is 15. The Labute approximate surface area is 450 Å². The number of nitrogens with zero attached hydrogens (tertiary/aromatic N) is 2. The van der Waals surface area contributed by atoms with Crippen LogP contribution in [0.3, 0.4) is 0 Å². The number of rotatable bonds is 8. The van der Waals surface area contributed by atoms with Gasteiger partial charge in [-0.05, 0) is 181 Å². The van der Waals surface area contributed by atoms with Crippen molar-refractivity contribution >= 4 is 39.7 Å². The van der Waals surface area contributed by atoms with Crippen molar-refractivity contribution in [3.05, 3.63) is 317 Å². The number of hydrogen-bond donors (Lipinski definition) is 0. The van der Waals surface area contributed by atoms with Gasteiger partial charge >= 0.3 is 0 Å². The topological polar surface area (TPSA) is 6.48 Å². The van der Waals surface area contributed by atoms with Gasteiger partial charge < -0.3 is 9.80 Å². The van der Waals surface area contributed by atoms with Crippen LogP contribution < -0.4 is 9.80 Å². The molecule has 1 unspecified atom stereocenters. The minimum atomic E-state index is -0.595. The molecule has 77 heavy (non-hydrogen) atoms. The van der Waals surface area contributed by atoms with Gasteiger partial charge in [-0.1, -0.05) is 212 Å². The van der Waals surface area contributed by atoms with E-state index in [2.05, 4.69) is 277 Å². The maximum atomic E-state index is 2.54. The summed E-state index contributed by atoms with van der Waals surface area (Å²) >= 11 is 0. The summed E-state index contributed by atoms with van der Waals surface area (Å²) in [5.74, 6) is 0. The molecule has 1 atom stereocenters. The van der Waals surface area contributed by atoms with Crippen LogP contribution in [0.1, 0.15) is 57.3 Å². The highest BCUT2D eigenvalue weighted by molar-refractivity contribution is 6.05. The number of anilines is 6. The number of benzene rings is 11. The first kappa shape index (κ1) is 43.9. The monoisotopic (exact) mass is 980 g/mol. The van der Waals surface area contributed by atoms with Crippen molar-refractivity contribution in [1.82, 2.24) is 0 Å². The smallest absolute Gasteiger partial charge is 0.0727 e. The van der Waals surface area contributed by atoms with E-state index >= 15 is 0 Å². The lowest BCUT2D eigenvalue weighted by atomic mass is 9.70. The molecule has 0 fully saturated rings. The first-order chi connectivity index (χ1) is 38.2. The second-order valence-corrected chi connectivity index (χ2v) is 21.4. The molecule has 0 saturated carbocycles. The summed E-state index contributed by atoms with van der Waals surface area (Å²) in [6, 6.07) is 95.9. The van der Waals surface area contributed by atoms with Crippen LogP contribution in [0.4, 0.5) is 34.1 Å². The van der Waals surface area contributed by atoms with Gasteiger partial charge in [0.2, 0.25) is 0 Å². The molecule has 1 spiro atoms. The van der Waals surface area contributed by atoms with Gasteiger partial charge in [0.05, 0.1) is 16.8 Å². The van der Waals surface area contributed by atoms with Gasteiger partial charge in [0.1, 0.15) is 0 Å². The van der Waals surface area contributed by atoms with Crippen LogP contribution in [0.2, 0.25) is 0 Å². The van der Waals surface area contributed by atoms with Crippen molar-refractivity contribution in [2.45, 2.75) is 31.1 Å². The quantitative estimate of drug-likeness (QED) is 0.150. The summed E-state index contributed by atoms with van der Waals surface area (Å²) < 4.78 is 0. The molecule has 5 aliphatic rings. The standard InChI is InChI=1S/C75H52N2/c1-3-17-49(18-4-1)51-33-37-57(38-34-51)76(59-41-43-63-55(47-59)45-53-21-7-9-23-61(53)63)71-31-15-29-69-73(71)65-25-11-13-27-67(65)75(69)68-28-14-12-26-66(68)74-70(75)30-16-32-72(74)77(58-39-35-52(36-40-58)50-19-5-2-6-20-50)60-42-44-64-56(48-60)46-54-22-8-10-24-62(54)64/h1-7,9-21,23-44,47-48H,8,22,45-46H2. The normalized spacial score (nSPS) is 15.5. The van der Waals surface area contributed by atoms with Gasteiger partial charge in [-0.15, -0.1) is 0 Å². The molecule has 11 aromatic rings. The Bertz CT molecular complexity index is 4260. The Morgan fingerprint density at radius 2 is 0.753 bits per heavy atom. The zero-order chi connectivity index (χ0) is 50.6. The number of allylic oxidation sites excluding steroid dienone is 4. The zero-order valence-electron chi connectivity index (χ0n) is 42.6. The van der Waals surface area contributed by atoms with E-state index < -0.39 is 5.41 Å². The van der Waals surface area contributed by atoms with E-state index in [1.807, 2.05) is 0 Å². The van der Waals surface area contributed by atoms with E-state index in [1.54, 1.807) is 5.57 Å². The summed E-state index contributed by atoms with van der Waals surface area (Å²) in [4.78, 5) is 5.07. The van der Waals surface area contributed by atoms with Crippen molar-refractivity contribution in [3.8, 4) is 55.6 Å². The van der Waals surface area contributed by atoms with Crippen LogP contribution in [-0.2, 0) is 18.3 Å². The van der Waals surface area contributed by atoms with Crippen molar-refractivity contribution in [3.63, 3.8) is 0 Å². The van der Waals surface area contributed by atoms with Crippen molar-refractivity contribution in [2.24, 2.45) is 0 Å². The summed E-state index contributed by atoms with van der Waals surface area (Å²) in [6.45, 7) is 0. The van der Waals surface area contributed by atoms with Crippen LogP contribution in [0.15, 0.2) is 273 Å². The highest BCUT2D eigenvalue weighted by atomic mass is 15.2.